The van der Waals surface area contributed by atoms with Gasteiger partial charge in [-0.25, -0.2) is 10.1 Å². The Morgan fingerprint density at radius 3 is 2.61 bits per heavy atom. The molecule has 5 aliphatic rings. The molecule has 8 heteroatoms. The van der Waals surface area contributed by atoms with E-state index >= 15 is 0 Å². The lowest BCUT2D eigenvalue weighted by Gasteiger charge is -2.62. The summed E-state index contributed by atoms with van der Waals surface area (Å²) in [5.74, 6) is -0.648. The first-order chi connectivity index (χ1) is 17.3. The average Bonchev–Trinajstić information content (AvgIpc) is 3.24. The highest BCUT2D eigenvalue weighted by molar-refractivity contribution is 7.96. The average molecular weight is 517 g/mol. The summed E-state index contributed by atoms with van der Waals surface area (Å²) in [6.07, 6.45) is 7.97. The van der Waals surface area contributed by atoms with Crippen molar-refractivity contribution < 1.29 is 32.9 Å². The van der Waals surface area contributed by atoms with E-state index in [4.69, 9.17) is 9.99 Å². The van der Waals surface area contributed by atoms with Crippen LogP contribution in [0.3, 0.4) is 0 Å². The fourth-order valence-corrected chi connectivity index (χ4v) is 8.69. The van der Waals surface area contributed by atoms with E-state index in [1.807, 2.05) is 0 Å². The molecule has 5 aliphatic carbocycles. The third-order valence-electron chi connectivity index (χ3n) is 9.10. The number of halogens is 2. The van der Waals surface area contributed by atoms with Crippen LogP contribution in [0, 0.1) is 17.3 Å². The van der Waals surface area contributed by atoms with Crippen molar-refractivity contribution in [2.24, 2.45) is 17.3 Å². The zero-order valence-corrected chi connectivity index (χ0v) is 21.0. The molecule has 0 aromatic heterocycles. The minimum absolute atomic E-state index is 0.0139. The maximum absolute atomic E-state index is 14.0. The smallest absolute Gasteiger partial charge is 0.415 e. The molecule has 2 unspecified atom stereocenters. The quantitative estimate of drug-likeness (QED) is 0.153. The van der Waals surface area contributed by atoms with Crippen molar-refractivity contribution in [3.05, 3.63) is 58.7 Å². The molecule has 0 spiro atoms. The molecule has 0 heterocycles. The molecule has 2 aromatic rings. The van der Waals surface area contributed by atoms with E-state index in [1.54, 1.807) is 0 Å². The van der Waals surface area contributed by atoms with Crippen LogP contribution in [0.4, 0.5) is 8.78 Å². The molecule has 4 fully saturated rings. The van der Waals surface area contributed by atoms with E-state index in [-0.39, 0.29) is 17.4 Å². The van der Waals surface area contributed by atoms with Crippen molar-refractivity contribution in [1.82, 2.24) is 0 Å². The van der Waals surface area contributed by atoms with Crippen molar-refractivity contribution in [3.63, 3.8) is 0 Å². The minimum Gasteiger partial charge on any atom is -0.460 e. The van der Waals surface area contributed by atoms with Gasteiger partial charge in [-0.05, 0) is 102 Å². The molecule has 2 aromatic carbocycles. The molecule has 0 aliphatic heterocycles. The monoisotopic (exact) mass is 516 g/mol. The molecule has 0 saturated heterocycles. The Morgan fingerprint density at radius 1 is 1.14 bits per heavy atom. The van der Waals surface area contributed by atoms with Crippen LogP contribution in [-0.4, -0.2) is 23.1 Å². The van der Waals surface area contributed by atoms with Gasteiger partial charge in [0.1, 0.15) is 12.0 Å². The Hall–Kier alpha value is -2.00. The van der Waals surface area contributed by atoms with Crippen molar-refractivity contribution in [1.29, 1.82) is 0 Å². The topological polar surface area (TPSA) is 65.0 Å². The number of carbonyl (C=O) groups excluding carboxylic acids is 1. The number of esters is 1. The fraction of sp³-hybridized carbons (Fsp3) is 0.536. The maximum atomic E-state index is 14.0. The standard InChI is InChI=1S/C28H30F2O5S/c1-2-19-7-8-23(22-10-20-5-3-4-6-21(20)24(19)22)27-13-17-9-18(14-27)12-26(11-17,15-27)16-33-25(31)28(29,30)36-35-34-32/h3-8,17-18,32H,2,9-16H2,1H3. The predicted octanol–water partition coefficient (Wildman–Crippen LogP) is 6.86. The summed E-state index contributed by atoms with van der Waals surface area (Å²) in [5.41, 5.74) is 8.03. The number of fused-ring (bicyclic) bond motifs is 3. The molecule has 7 rings (SSSR count). The van der Waals surface area contributed by atoms with Crippen LogP contribution >= 0.6 is 12.0 Å². The first-order valence-corrected chi connectivity index (χ1v) is 13.5. The second-order valence-electron chi connectivity index (χ2n) is 11.4. The Bertz CT molecular complexity index is 1180. The third kappa shape index (κ3) is 3.88. The van der Waals surface area contributed by atoms with Gasteiger partial charge in [-0.2, -0.15) is 8.78 Å². The first-order valence-electron chi connectivity index (χ1n) is 12.7. The lowest BCUT2D eigenvalue weighted by molar-refractivity contribution is -0.433. The number of hydrogen-bond donors (Lipinski definition) is 1. The Morgan fingerprint density at radius 2 is 1.89 bits per heavy atom. The van der Waals surface area contributed by atoms with Gasteiger partial charge in [-0.1, -0.05) is 48.4 Å². The van der Waals surface area contributed by atoms with E-state index < -0.39 is 23.3 Å². The SMILES string of the molecule is CCc1ccc(C23CC4CC(CC(COC(=O)C(F)(F)SOOO)(C4)C2)C3)c2c1-c1ccccc1C2. The van der Waals surface area contributed by atoms with Crippen LogP contribution in [0.25, 0.3) is 11.1 Å². The number of rotatable bonds is 8. The second kappa shape index (κ2) is 8.79. The molecule has 1 N–H and O–H groups in total. The number of ether oxygens (including phenoxy) is 1. The molecule has 192 valence electrons. The van der Waals surface area contributed by atoms with Crippen LogP contribution in [0.5, 0.6) is 0 Å². The number of benzene rings is 2. The molecule has 0 radical (unpaired) electrons. The molecule has 0 amide bonds. The van der Waals surface area contributed by atoms with Gasteiger partial charge in [-0.15, -0.1) is 4.33 Å². The number of carbonyl (C=O) groups is 1. The van der Waals surface area contributed by atoms with Gasteiger partial charge in [0.25, 0.3) is 0 Å². The zero-order valence-electron chi connectivity index (χ0n) is 20.2. The maximum Gasteiger partial charge on any atom is 0.415 e. The summed E-state index contributed by atoms with van der Waals surface area (Å²) < 4.78 is 37.1. The van der Waals surface area contributed by atoms with Crippen LogP contribution in [0.15, 0.2) is 36.4 Å². The fourth-order valence-electron chi connectivity index (χ4n) is 8.45. The molecular formula is C28H30F2O5S. The van der Waals surface area contributed by atoms with Crippen molar-refractivity contribution in [2.75, 3.05) is 6.61 Å². The van der Waals surface area contributed by atoms with Gasteiger partial charge in [0.15, 0.2) is 0 Å². The molecule has 4 saturated carbocycles. The first kappa shape index (κ1) is 24.3. The lowest BCUT2D eigenvalue weighted by Crippen LogP contribution is -2.56. The van der Waals surface area contributed by atoms with Crippen LogP contribution in [-0.2, 0) is 37.2 Å². The summed E-state index contributed by atoms with van der Waals surface area (Å²) in [6.45, 7) is 2.18. The Labute approximate surface area is 213 Å². The molecule has 2 atom stereocenters. The number of aryl methyl sites for hydroxylation is 1. The summed E-state index contributed by atoms with van der Waals surface area (Å²) in [7, 11) is 0. The normalized spacial score (nSPS) is 29.8. The van der Waals surface area contributed by atoms with E-state index in [2.05, 4.69) is 52.7 Å². The molecule has 4 bridgehead atoms. The molecule has 5 nitrogen and oxygen atoms in total. The third-order valence-corrected chi connectivity index (χ3v) is 9.61. The van der Waals surface area contributed by atoms with Gasteiger partial charge in [0, 0.05) is 5.41 Å². The van der Waals surface area contributed by atoms with Crippen LogP contribution in [0.1, 0.15) is 67.7 Å². The van der Waals surface area contributed by atoms with Crippen molar-refractivity contribution >= 4 is 18.0 Å². The molecular weight excluding hydrogens is 486 g/mol. The largest absolute Gasteiger partial charge is 0.460 e. The summed E-state index contributed by atoms with van der Waals surface area (Å²) in [6, 6.07) is 13.3. The van der Waals surface area contributed by atoms with Gasteiger partial charge >= 0.3 is 11.2 Å². The van der Waals surface area contributed by atoms with Crippen molar-refractivity contribution in [2.45, 2.75) is 69.0 Å². The van der Waals surface area contributed by atoms with E-state index in [0.29, 0.717) is 11.8 Å². The van der Waals surface area contributed by atoms with Crippen LogP contribution in [0.2, 0.25) is 0 Å². The van der Waals surface area contributed by atoms with Gasteiger partial charge in [0.2, 0.25) is 0 Å². The van der Waals surface area contributed by atoms with E-state index in [0.717, 1.165) is 44.9 Å². The van der Waals surface area contributed by atoms with Gasteiger partial charge in [0.05, 0.1) is 6.61 Å². The summed E-state index contributed by atoms with van der Waals surface area (Å²) in [4.78, 5) is 12.2. The van der Waals surface area contributed by atoms with Crippen LogP contribution < -0.4 is 0 Å². The Balaban J connectivity index is 1.32. The van der Waals surface area contributed by atoms with Gasteiger partial charge in [-0.3, -0.25) is 0 Å². The highest BCUT2D eigenvalue weighted by Gasteiger charge is 2.59. The zero-order chi connectivity index (χ0) is 25.1. The highest BCUT2D eigenvalue weighted by Crippen LogP contribution is 2.67. The summed E-state index contributed by atoms with van der Waals surface area (Å²) in [5, 5.41) is 7.41. The van der Waals surface area contributed by atoms with Crippen molar-refractivity contribution in [3.8, 4) is 11.1 Å². The van der Waals surface area contributed by atoms with E-state index in [9.17, 15) is 13.6 Å². The number of hydrogen-bond acceptors (Lipinski definition) is 6. The molecule has 36 heavy (non-hydrogen) atoms. The number of alkyl halides is 2. The van der Waals surface area contributed by atoms with Gasteiger partial charge < -0.3 is 4.74 Å². The minimum atomic E-state index is -3.97. The highest BCUT2D eigenvalue weighted by atomic mass is 32.2. The van der Waals surface area contributed by atoms with E-state index in [1.165, 1.54) is 39.8 Å². The second-order valence-corrected chi connectivity index (χ2v) is 12.2. The Kier molecular flexibility index (Phi) is 5.94. The lowest BCUT2D eigenvalue weighted by atomic mass is 9.42. The summed E-state index contributed by atoms with van der Waals surface area (Å²) >= 11 is -0.569. The predicted molar refractivity (Wildman–Crippen MR) is 131 cm³/mol.